The Kier molecular flexibility index (Phi) is 6.22. The Morgan fingerprint density at radius 2 is 2.30 bits per heavy atom. The van der Waals surface area contributed by atoms with E-state index in [4.69, 9.17) is 16.3 Å². The van der Waals surface area contributed by atoms with Crippen LogP contribution in [0.5, 0.6) is 5.75 Å². The summed E-state index contributed by atoms with van der Waals surface area (Å²) < 4.78 is 7.41. The Morgan fingerprint density at radius 1 is 1.48 bits per heavy atom. The quantitative estimate of drug-likeness (QED) is 0.640. The van der Waals surface area contributed by atoms with Gasteiger partial charge in [0.1, 0.15) is 24.5 Å². The first-order valence-corrected chi connectivity index (χ1v) is 7.61. The van der Waals surface area contributed by atoms with E-state index in [1.807, 2.05) is 37.2 Å². The number of hydrogen-bond donors (Lipinski definition) is 1. The third-order valence-electron chi connectivity index (χ3n) is 3.27. The summed E-state index contributed by atoms with van der Waals surface area (Å²) in [6.07, 6.45) is 1.53. The lowest BCUT2D eigenvalue weighted by atomic mass is 10.3. The number of rotatable bonds is 6. The van der Waals surface area contributed by atoms with Gasteiger partial charge < -0.3 is 15.0 Å². The summed E-state index contributed by atoms with van der Waals surface area (Å²) in [6, 6.07) is 7.36. The Morgan fingerprint density at radius 3 is 2.96 bits per heavy atom. The predicted octanol–water partition coefficient (Wildman–Crippen LogP) is 1.55. The fraction of sp³-hybridized carbons (Fsp3) is 0.400. The monoisotopic (exact) mass is 336 g/mol. The molecule has 1 aromatic carbocycles. The summed E-state index contributed by atoms with van der Waals surface area (Å²) in [5.74, 6) is 2.37. The molecule has 23 heavy (non-hydrogen) atoms. The molecule has 8 heteroatoms. The third kappa shape index (κ3) is 5.14. The average molecular weight is 337 g/mol. The van der Waals surface area contributed by atoms with Gasteiger partial charge in [-0.2, -0.15) is 5.10 Å². The zero-order valence-electron chi connectivity index (χ0n) is 13.5. The molecule has 1 aromatic heterocycles. The minimum Gasteiger partial charge on any atom is -0.492 e. The lowest BCUT2D eigenvalue weighted by molar-refractivity contribution is 0.281. The predicted molar refractivity (Wildman–Crippen MR) is 90.8 cm³/mol. The second-order valence-electron chi connectivity index (χ2n) is 4.93. The highest BCUT2D eigenvalue weighted by Gasteiger charge is 2.08. The highest BCUT2D eigenvalue weighted by Crippen LogP contribution is 2.16. The molecular formula is C15H21ClN6O. The van der Waals surface area contributed by atoms with Gasteiger partial charge in [0, 0.05) is 26.2 Å². The molecule has 2 aromatic rings. The number of likely N-dealkylation sites (N-methyl/N-ethyl adjacent to an activating group) is 1. The van der Waals surface area contributed by atoms with E-state index >= 15 is 0 Å². The maximum absolute atomic E-state index is 5.93. The molecule has 0 aliphatic rings. The van der Waals surface area contributed by atoms with Gasteiger partial charge in [0.2, 0.25) is 0 Å². The molecule has 0 aliphatic heterocycles. The minimum absolute atomic E-state index is 0.529. The SMILES string of the molecule is CN=C(NCc1ncnn1C)N(C)CCOc1cccc(Cl)c1. The highest BCUT2D eigenvalue weighted by atomic mass is 35.5. The van der Waals surface area contributed by atoms with E-state index in [1.165, 1.54) is 6.33 Å². The molecule has 1 N–H and O–H groups in total. The van der Waals surface area contributed by atoms with Gasteiger partial charge in [-0.1, -0.05) is 17.7 Å². The van der Waals surface area contributed by atoms with E-state index in [1.54, 1.807) is 17.8 Å². The third-order valence-corrected chi connectivity index (χ3v) is 3.51. The van der Waals surface area contributed by atoms with Gasteiger partial charge in [-0.3, -0.25) is 9.67 Å². The number of guanidine groups is 1. The number of nitrogens with zero attached hydrogens (tertiary/aromatic N) is 5. The topological polar surface area (TPSA) is 67.6 Å². The lowest BCUT2D eigenvalue weighted by Crippen LogP contribution is -2.40. The molecule has 0 radical (unpaired) electrons. The van der Waals surface area contributed by atoms with E-state index in [9.17, 15) is 0 Å². The van der Waals surface area contributed by atoms with Crippen molar-refractivity contribution in [1.29, 1.82) is 0 Å². The summed E-state index contributed by atoms with van der Waals surface area (Å²) in [5, 5.41) is 7.95. The molecular weight excluding hydrogens is 316 g/mol. The van der Waals surface area contributed by atoms with Crippen LogP contribution in [0.15, 0.2) is 35.6 Å². The Bertz CT molecular complexity index is 657. The lowest BCUT2D eigenvalue weighted by Gasteiger charge is -2.22. The fourth-order valence-corrected chi connectivity index (χ4v) is 2.17. The number of aliphatic imine (C=N–C) groups is 1. The van der Waals surface area contributed by atoms with Crippen molar-refractivity contribution in [2.24, 2.45) is 12.0 Å². The summed E-state index contributed by atoms with van der Waals surface area (Å²) in [7, 11) is 5.55. The van der Waals surface area contributed by atoms with E-state index < -0.39 is 0 Å². The number of ether oxygens (including phenoxy) is 1. The van der Waals surface area contributed by atoms with Crippen molar-refractivity contribution >= 4 is 17.6 Å². The Labute approximate surface area is 140 Å². The van der Waals surface area contributed by atoms with Crippen LogP contribution in [0.4, 0.5) is 0 Å². The highest BCUT2D eigenvalue weighted by molar-refractivity contribution is 6.30. The molecule has 0 fully saturated rings. The summed E-state index contributed by atoms with van der Waals surface area (Å²) in [6.45, 7) is 1.77. The van der Waals surface area contributed by atoms with Crippen molar-refractivity contribution in [3.05, 3.63) is 41.4 Å². The molecule has 124 valence electrons. The van der Waals surface area contributed by atoms with Gasteiger partial charge in [-0.25, -0.2) is 4.98 Å². The number of aromatic nitrogens is 3. The van der Waals surface area contributed by atoms with Crippen molar-refractivity contribution in [2.45, 2.75) is 6.54 Å². The largest absolute Gasteiger partial charge is 0.492 e. The first kappa shape index (κ1) is 17.1. The van der Waals surface area contributed by atoms with Crippen LogP contribution in [0.25, 0.3) is 0 Å². The zero-order valence-corrected chi connectivity index (χ0v) is 14.3. The molecule has 0 saturated carbocycles. The Hall–Kier alpha value is -2.28. The van der Waals surface area contributed by atoms with E-state index in [2.05, 4.69) is 20.4 Å². The van der Waals surface area contributed by atoms with Gasteiger partial charge in [0.25, 0.3) is 0 Å². The molecule has 1 heterocycles. The molecule has 0 unspecified atom stereocenters. The van der Waals surface area contributed by atoms with E-state index in [0.29, 0.717) is 24.7 Å². The van der Waals surface area contributed by atoms with Crippen LogP contribution < -0.4 is 10.1 Å². The normalized spacial score (nSPS) is 11.4. The Balaban J connectivity index is 1.78. The van der Waals surface area contributed by atoms with Gasteiger partial charge in [0.05, 0.1) is 13.1 Å². The second-order valence-corrected chi connectivity index (χ2v) is 5.36. The molecule has 0 amide bonds. The molecule has 0 saturated heterocycles. The molecule has 7 nitrogen and oxygen atoms in total. The van der Waals surface area contributed by atoms with Crippen LogP contribution in [0, 0.1) is 0 Å². The molecule has 0 aliphatic carbocycles. The van der Waals surface area contributed by atoms with Crippen molar-refractivity contribution in [3.63, 3.8) is 0 Å². The number of hydrogen-bond acceptors (Lipinski definition) is 4. The second kappa shape index (κ2) is 8.38. The van der Waals surface area contributed by atoms with Gasteiger partial charge in [-0.05, 0) is 18.2 Å². The van der Waals surface area contributed by atoms with E-state index in [0.717, 1.165) is 17.5 Å². The van der Waals surface area contributed by atoms with Crippen molar-refractivity contribution in [3.8, 4) is 5.75 Å². The fourth-order valence-electron chi connectivity index (χ4n) is 1.99. The van der Waals surface area contributed by atoms with Gasteiger partial charge in [0.15, 0.2) is 5.96 Å². The van der Waals surface area contributed by atoms with Crippen molar-refractivity contribution < 1.29 is 4.74 Å². The number of nitrogens with one attached hydrogen (secondary N) is 1. The van der Waals surface area contributed by atoms with Crippen LogP contribution in [0.2, 0.25) is 5.02 Å². The van der Waals surface area contributed by atoms with Crippen LogP contribution in [0.3, 0.4) is 0 Å². The van der Waals surface area contributed by atoms with Crippen molar-refractivity contribution in [2.75, 3.05) is 27.2 Å². The first-order chi connectivity index (χ1) is 11.1. The van der Waals surface area contributed by atoms with Crippen LogP contribution in [-0.4, -0.2) is 52.9 Å². The van der Waals surface area contributed by atoms with Gasteiger partial charge >= 0.3 is 0 Å². The molecule has 0 bridgehead atoms. The van der Waals surface area contributed by atoms with Crippen LogP contribution >= 0.6 is 11.6 Å². The number of benzene rings is 1. The summed E-state index contributed by atoms with van der Waals surface area (Å²) in [4.78, 5) is 10.4. The maximum Gasteiger partial charge on any atom is 0.193 e. The zero-order chi connectivity index (χ0) is 16.7. The molecule has 0 spiro atoms. The molecule has 0 atom stereocenters. The smallest absolute Gasteiger partial charge is 0.193 e. The number of aryl methyl sites for hydroxylation is 1. The standard InChI is InChI=1S/C15H21ClN6O/c1-17-15(18-10-14-19-11-20-22(14)3)21(2)7-8-23-13-6-4-5-12(16)9-13/h4-6,9,11H,7-8,10H2,1-3H3,(H,17,18). The van der Waals surface area contributed by atoms with Crippen LogP contribution in [0.1, 0.15) is 5.82 Å². The maximum atomic E-state index is 5.93. The average Bonchev–Trinajstić information content (AvgIpc) is 2.93. The summed E-state index contributed by atoms with van der Waals surface area (Å²) in [5.41, 5.74) is 0. The summed E-state index contributed by atoms with van der Waals surface area (Å²) >= 11 is 5.93. The minimum atomic E-state index is 0.529. The van der Waals surface area contributed by atoms with Crippen LogP contribution in [-0.2, 0) is 13.6 Å². The van der Waals surface area contributed by atoms with E-state index in [-0.39, 0.29) is 0 Å². The number of halogens is 1. The first-order valence-electron chi connectivity index (χ1n) is 7.23. The molecule has 2 rings (SSSR count). The van der Waals surface area contributed by atoms with Crippen molar-refractivity contribution in [1.82, 2.24) is 25.0 Å². The van der Waals surface area contributed by atoms with Gasteiger partial charge in [-0.15, -0.1) is 0 Å².